The van der Waals surface area contributed by atoms with Crippen LogP contribution >= 0.6 is 0 Å². The molecule has 0 aliphatic rings. The summed E-state index contributed by atoms with van der Waals surface area (Å²) in [7, 11) is 0. The predicted octanol–water partition coefficient (Wildman–Crippen LogP) is 1.75. The summed E-state index contributed by atoms with van der Waals surface area (Å²) in [4.78, 5) is 21.7. The zero-order valence-electron chi connectivity index (χ0n) is 10.8. The van der Waals surface area contributed by atoms with Crippen LogP contribution in [0, 0.1) is 5.92 Å². The van der Waals surface area contributed by atoms with Crippen LogP contribution in [0.15, 0.2) is 24.3 Å². The van der Waals surface area contributed by atoms with Gasteiger partial charge in [-0.25, -0.2) is 0 Å². The Labute approximate surface area is 118 Å². The molecule has 4 N–H and O–H groups in total. The van der Waals surface area contributed by atoms with Crippen LogP contribution in [0.5, 0.6) is 0 Å². The Morgan fingerprint density at radius 1 is 1.19 bits per heavy atom. The molecule has 0 bridgehead atoms. The van der Waals surface area contributed by atoms with E-state index >= 15 is 0 Å². The zero-order valence-corrected chi connectivity index (χ0v) is 10.8. The first-order chi connectivity index (χ1) is 9.61. The van der Waals surface area contributed by atoms with Crippen LogP contribution in [-0.2, 0) is 22.2 Å². The van der Waals surface area contributed by atoms with Crippen molar-refractivity contribution in [2.45, 2.75) is 25.1 Å². The largest absolute Gasteiger partial charge is 0.481 e. The van der Waals surface area contributed by atoms with Gasteiger partial charge < -0.3 is 15.9 Å². The van der Waals surface area contributed by atoms with Crippen molar-refractivity contribution >= 4 is 11.9 Å². The standard InChI is InChI=1S/C13H14F3NO4/c14-13(15,16)9-3-1-2-7(5-9)4-8(11(18)19)6-10(17)12(20)21/h1-3,5,8,10H,4,6,17H2,(H,18,19)(H,20,21)/t8-,10+/m0/s1. The molecule has 116 valence electrons. The van der Waals surface area contributed by atoms with E-state index in [1.807, 2.05) is 0 Å². The second-order valence-electron chi connectivity index (χ2n) is 4.62. The van der Waals surface area contributed by atoms with Crippen LogP contribution in [0.1, 0.15) is 17.5 Å². The lowest BCUT2D eigenvalue weighted by molar-refractivity contribution is -0.143. The van der Waals surface area contributed by atoms with Crippen molar-refractivity contribution in [1.29, 1.82) is 0 Å². The van der Waals surface area contributed by atoms with E-state index in [9.17, 15) is 22.8 Å². The van der Waals surface area contributed by atoms with E-state index in [2.05, 4.69) is 0 Å². The van der Waals surface area contributed by atoms with Gasteiger partial charge in [0.15, 0.2) is 0 Å². The molecule has 0 aliphatic carbocycles. The molecule has 2 atom stereocenters. The van der Waals surface area contributed by atoms with Gasteiger partial charge in [0.1, 0.15) is 6.04 Å². The van der Waals surface area contributed by atoms with Gasteiger partial charge in [-0.1, -0.05) is 18.2 Å². The highest BCUT2D eigenvalue weighted by molar-refractivity contribution is 5.76. The predicted molar refractivity (Wildman–Crippen MR) is 66.5 cm³/mol. The molecular weight excluding hydrogens is 291 g/mol. The Morgan fingerprint density at radius 2 is 1.81 bits per heavy atom. The summed E-state index contributed by atoms with van der Waals surface area (Å²) in [6, 6.07) is 2.88. The van der Waals surface area contributed by atoms with E-state index in [0.717, 1.165) is 12.1 Å². The third-order valence-electron chi connectivity index (χ3n) is 2.94. The first-order valence-corrected chi connectivity index (χ1v) is 5.98. The van der Waals surface area contributed by atoms with Gasteiger partial charge >= 0.3 is 18.1 Å². The van der Waals surface area contributed by atoms with Gasteiger partial charge in [-0.05, 0) is 24.5 Å². The van der Waals surface area contributed by atoms with E-state index in [1.165, 1.54) is 12.1 Å². The first kappa shape index (κ1) is 17.0. The lowest BCUT2D eigenvalue weighted by Gasteiger charge is -2.16. The van der Waals surface area contributed by atoms with Gasteiger partial charge in [-0.3, -0.25) is 9.59 Å². The SMILES string of the molecule is N[C@H](C[C@H](Cc1cccc(C(F)(F)F)c1)C(=O)O)C(=O)O. The number of nitrogens with two attached hydrogens (primary N) is 1. The highest BCUT2D eigenvalue weighted by Gasteiger charge is 2.31. The van der Waals surface area contributed by atoms with Gasteiger partial charge in [0.2, 0.25) is 0 Å². The molecule has 0 heterocycles. The normalized spacial score (nSPS) is 14.5. The third kappa shape index (κ3) is 5.07. The van der Waals surface area contributed by atoms with Crippen molar-refractivity contribution < 1.29 is 33.0 Å². The summed E-state index contributed by atoms with van der Waals surface area (Å²) >= 11 is 0. The molecule has 21 heavy (non-hydrogen) atoms. The number of carboxylic acids is 2. The highest BCUT2D eigenvalue weighted by atomic mass is 19.4. The number of carbonyl (C=O) groups is 2. The minimum Gasteiger partial charge on any atom is -0.481 e. The van der Waals surface area contributed by atoms with E-state index in [0.29, 0.717) is 0 Å². The van der Waals surface area contributed by atoms with Crippen LogP contribution in [0.25, 0.3) is 0 Å². The molecule has 0 unspecified atom stereocenters. The second kappa shape index (κ2) is 6.57. The van der Waals surface area contributed by atoms with Crippen molar-refractivity contribution in [1.82, 2.24) is 0 Å². The number of carboxylic acid groups (broad SMARTS) is 2. The fourth-order valence-corrected chi connectivity index (χ4v) is 1.84. The van der Waals surface area contributed by atoms with Crippen molar-refractivity contribution in [3.63, 3.8) is 0 Å². The van der Waals surface area contributed by atoms with Gasteiger partial charge in [0, 0.05) is 0 Å². The van der Waals surface area contributed by atoms with E-state index in [4.69, 9.17) is 15.9 Å². The summed E-state index contributed by atoms with van der Waals surface area (Å²) in [5, 5.41) is 17.7. The fourth-order valence-electron chi connectivity index (χ4n) is 1.84. The summed E-state index contributed by atoms with van der Waals surface area (Å²) < 4.78 is 37.7. The highest BCUT2D eigenvalue weighted by Crippen LogP contribution is 2.30. The van der Waals surface area contributed by atoms with Crippen LogP contribution in [-0.4, -0.2) is 28.2 Å². The molecule has 0 saturated carbocycles. The third-order valence-corrected chi connectivity index (χ3v) is 2.94. The van der Waals surface area contributed by atoms with Crippen molar-refractivity contribution in [2.75, 3.05) is 0 Å². The monoisotopic (exact) mass is 305 g/mol. The Morgan fingerprint density at radius 3 is 2.29 bits per heavy atom. The lowest BCUT2D eigenvalue weighted by atomic mass is 9.92. The Balaban J connectivity index is 2.90. The lowest BCUT2D eigenvalue weighted by Crippen LogP contribution is -2.35. The van der Waals surface area contributed by atoms with Crippen LogP contribution in [0.3, 0.4) is 0 Å². The van der Waals surface area contributed by atoms with Crippen LogP contribution in [0.4, 0.5) is 13.2 Å². The average molecular weight is 305 g/mol. The quantitative estimate of drug-likeness (QED) is 0.743. The molecule has 1 aromatic carbocycles. The molecule has 5 nitrogen and oxygen atoms in total. The molecule has 0 spiro atoms. The smallest absolute Gasteiger partial charge is 0.416 e. The molecule has 1 aromatic rings. The minimum atomic E-state index is -4.52. The van der Waals surface area contributed by atoms with E-state index in [-0.39, 0.29) is 18.4 Å². The van der Waals surface area contributed by atoms with Crippen molar-refractivity contribution in [3.8, 4) is 0 Å². The van der Waals surface area contributed by atoms with Crippen LogP contribution in [0.2, 0.25) is 0 Å². The summed E-state index contributed by atoms with van der Waals surface area (Å²) in [6.45, 7) is 0. The molecule has 0 aliphatic heterocycles. The minimum absolute atomic E-state index is 0.162. The number of halogens is 3. The van der Waals surface area contributed by atoms with Gasteiger partial charge in [-0.15, -0.1) is 0 Å². The van der Waals surface area contributed by atoms with Crippen molar-refractivity contribution in [3.05, 3.63) is 35.4 Å². The maximum Gasteiger partial charge on any atom is 0.416 e. The molecule has 8 heteroatoms. The molecule has 0 fully saturated rings. The Kier molecular flexibility index (Phi) is 5.31. The van der Waals surface area contributed by atoms with Crippen LogP contribution < -0.4 is 5.73 Å². The number of alkyl halides is 3. The molecule has 0 radical (unpaired) electrons. The van der Waals surface area contributed by atoms with Gasteiger partial charge in [-0.2, -0.15) is 13.2 Å². The van der Waals surface area contributed by atoms with Crippen molar-refractivity contribution in [2.24, 2.45) is 11.7 Å². The average Bonchev–Trinajstić information content (AvgIpc) is 2.36. The second-order valence-corrected chi connectivity index (χ2v) is 4.62. The first-order valence-electron chi connectivity index (χ1n) is 5.98. The van der Waals surface area contributed by atoms with Gasteiger partial charge in [0.05, 0.1) is 11.5 Å². The van der Waals surface area contributed by atoms with E-state index in [1.54, 1.807) is 0 Å². The number of hydrogen-bond acceptors (Lipinski definition) is 3. The summed E-state index contributed by atoms with van der Waals surface area (Å²) in [5.74, 6) is -3.83. The Bertz CT molecular complexity index is 530. The number of benzene rings is 1. The fraction of sp³-hybridized carbons (Fsp3) is 0.385. The van der Waals surface area contributed by atoms with E-state index < -0.39 is 35.6 Å². The van der Waals surface area contributed by atoms with Gasteiger partial charge in [0.25, 0.3) is 0 Å². The summed E-state index contributed by atoms with van der Waals surface area (Å²) in [5.41, 5.74) is 4.54. The molecule has 1 rings (SSSR count). The molecule has 0 aromatic heterocycles. The molecular formula is C13H14F3NO4. The molecule has 0 amide bonds. The summed E-state index contributed by atoms with van der Waals surface area (Å²) in [6.07, 6.45) is -5.10. The number of rotatable bonds is 6. The maximum atomic E-state index is 12.6. The number of hydrogen-bond donors (Lipinski definition) is 3. The zero-order chi connectivity index (χ0) is 16.2. The Hall–Kier alpha value is -2.09. The maximum absolute atomic E-state index is 12.6. The molecule has 0 saturated heterocycles. The number of aliphatic carboxylic acids is 2. The topological polar surface area (TPSA) is 101 Å².